The van der Waals surface area contributed by atoms with Crippen LogP contribution in [0.1, 0.15) is 12.5 Å². The standard InChI is InChI=1S/C21H27N3O3S/c1-3-18-9-11-20(12-10-18)24(28(2,26)27)17-21(25)23-15-13-22(14-16-23)19-7-5-4-6-8-19/h4-12H,3,13-17H2,1-2H3. The molecule has 0 N–H and O–H groups in total. The Labute approximate surface area is 167 Å². The second-order valence-corrected chi connectivity index (χ2v) is 8.90. The van der Waals surface area contributed by atoms with Crippen LogP contribution < -0.4 is 9.21 Å². The third-order valence-corrected chi connectivity index (χ3v) is 6.21. The Morgan fingerprint density at radius 3 is 2.11 bits per heavy atom. The summed E-state index contributed by atoms with van der Waals surface area (Å²) >= 11 is 0. The zero-order chi connectivity index (χ0) is 20.1. The van der Waals surface area contributed by atoms with E-state index in [2.05, 4.69) is 17.0 Å². The molecule has 2 aromatic carbocycles. The average Bonchev–Trinajstić information content (AvgIpc) is 2.72. The fourth-order valence-corrected chi connectivity index (χ4v) is 4.22. The third kappa shape index (κ3) is 4.84. The number of sulfonamides is 1. The predicted octanol–water partition coefficient (Wildman–Crippen LogP) is 2.36. The van der Waals surface area contributed by atoms with Gasteiger partial charge in [0.2, 0.25) is 15.9 Å². The highest BCUT2D eigenvalue weighted by molar-refractivity contribution is 7.92. The third-order valence-electron chi connectivity index (χ3n) is 5.07. The average molecular weight is 402 g/mol. The zero-order valence-corrected chi connectivity index (χ0v) is 17.2. The summed E-state index contributed by atoms with van der Waals surface area (Å²) in [7, 11) is -3.55. The number of benzene rings is 2. The van der Waals surface area contributed by atoms with Crippen molar-refractivity contribution in [2.75, 3.05) is 48.2 Å². The van der Waals surface area contributed by atoms with E-state index in [1.165, 1.54) is 4.31 Å². The van der Waals surface area contributed by atoms with Crippen LogP contribution >= 0.6 is 0 Å². The van der Waals surface area contributed by atoms with Crippen LogP contribution in [0.4, 0.5) is 11.4 Å². The van der Waals surface area contributed by atoms with Gasteiger partial charge in [0.05, 0.1) is 11.9 Å². The molecule has 0 spiro atoms. The Kier molecular flexibility index (Phi) is 6.24. The van der Waals surface area contributed by atoms with E-state index >= 15 is 0 Å². The Hall–Kier alpha value is -2.54. The Morgan fingerprint density at radius 2 is 1.57 bits per heavy atom. The molecule has 28 heavy (non-hydrogen) atoms. The molecule has 0 bridgehead atoms. The maximum Gasteiger partial charge on any atom is 0.243 e. The SMILES string of the molecule is CCc1ccc(N(CC(=O)N2CCN(c3ccccc3)CC2)S(C)(=O)=O)cc1. The van der Waals surface area contributed by atoms with Crippen molar-refractivity contribution in [1.29, 1.82) is 0 Å². The van der Waals surface area contributed by atoms with Gasteiger partial charge in [0.1, 0.15) is 6.54 Å². The minimum atomic E-state index is -3.55. The Morgan fingerprint density at radius 1 is 0.964 bits per heavy atom. The van der Waals surface area contributed by atoms with Gasteiger partial charge in [-0.25, -0.2) is 8.42 Å². The van der Waals surface area contributed by atoms with Crippen molar-refractivity contribution in [1.82, 2.24) is 4.90 Å². The van der Waals surface area contributed by atoms with Crippen molar-refractivity contribution in [2.45, 2.75) is 13.3 Å². The lowest BCUT2D eigenvalue weighted by molar-refractivity contribution is -0.129. The molecule has 0 unspecified atom stereocenters. The van der Waals surface area contributed by atoms with Crippen LogP contribution in [0.3, 0.4) is 0 Å². The van der Waals surface area contributed by atoms with Gasteiger partial charge < -0.3 is 9.80 Å². The van der Waals surface area contributed by atoms with Crippen LogP contribution in [-0.4, -0.2) is 58.2 Å². The number of rotatable bonds is 6. The summed E-state index contributed by atoms with van der Waals surface area (Å²) in [6, 6.07) is 17.4. The number of nitrogens with zero attached hydrogens (tertiary/aromatic N) is 3. The van der Waals surface area contributed by atoms with E-state index < -0.39 is 10.0 Å². The first kappa shape index (κ1) is 20.2. The maximum atomic E-state index is 12.8. The molecule has 0 radical (unpaired) electrons. The number of hydrogen-bond acceptors (Lipinski definition) is 4. The van der Waals surface area contributed by atoms with Crippen LogP contribution in [0.25, 0.3) is 0 Å². The molecule has 6 nitrogen and oxygen atoms in total. The molecule has 1 saturated heterocycles. The monoisotopic (exact) mass is 401 g/mol. The number of aryl methyl sites for hydroxylation is 1. The van der Waals surface area contributed by atoms with Crippen LogP contribution in [0.2, 0.25) is 0 Å². The van der Waals surface area contributed by atoms with E-state index in [9.17, 15) is 13.2 Å². The van der Waals surface area contributed by atoms with Gasteiger partial charge >= 0.3 is 0 Å². The second-order valence-electron chi connectivity index (χ2n) is 6.99. The van der Waals surface area contributed by atoms with E-state index in [0.717, 1.165) is 37.0 Å². The zero-order valence-electron chi connectivity index (χ0n) is 16.4. The van der Waals surface area contributed by atoms with E-state index in [0.29, 0.717) is 18.8 Å². The first-order valence-electron chi connectivity index (χ1n) is 9.53. The lowest BCUT2D eigenvalue weighted by Crippen LogP contribution is -2.52. The fourth-order valence-electron chi connectivity index (χ4n) is 3.37. The summed E-state index contributed by atoms with van der Waals surface area (Å²) in [6.45, 7) is 4.51. The van der Waals surface area contributed by atoms with E-state index in [4.69, 9.17) is 0 Å². The van der Waals surface area contributed by atoms with Crippen molar-refractivity contribution >= 4 is 27.3 Å². The van der Waals surface area contributed by atoms with Gasteiger partial charge in [0, 0.05) is 31.9 Å². The summed E-state index contributed by atoms with van der Waals surface area (Å²) in [5, 5.41) is 0. The molecule has 1 aliphatic heterocycles. The normalized spacial score (nSPS) is 14.8. The summed E-state index contributed by atoms with van der Waals surface area (Å²) in [5.41, 5.74) is 2.79. The van der Waals surface area contributed by atoms with Crippen molar-refractivity contribution in [3.63, 3.8) is 0 Å². The molecule has 150 valence electrons. The van der Waals surface area contributed by atoms with Gasteiger partial charge in [-0.3, -0.25) is 9.10 Å². The highest BCUT2D eigenvalue weighted by Crippen LogP contribution is 2.20. The predicted molar refractivity (Wildman–Crippen MR) is 113 cm³/mol. The molecule has 3 rings (SSSR count). The van der Waals surface area contributed by atoms with E-state index in [-0.39, 0.29) is 12.5 Å². The number of piperazine rings is 1. The number of amides is 1. The van der Waals surface area contributed by atoms with Gasteiger partial charge in [-0.1, -0.05) is 37.3 Å². The minimum Gasteiger partial charge on any atom is -0.368 e. The van der Waals surface area contributed by atoms with Crippen LogP contribution in [-0.2, 0) is 21.2 Å². The van der Waals surface area contributed by atoms with Gasteiger partial charge in [-0.2, -0.15) is 0 Å². The molecule has 1 fully saturated rings. The van der Waals surface area contributed by atoms with Crippen LogP contribution in [0.5, 0.6) is 0 Å². The number of anilines is 2. The van der Waals surface area contributed by atoms with Crippen molar-refractivity contribution in [3.05, 3.63) is 60.2 Å². The Bertz CT molecular complexity index is 890. The van der Waals surface area contributed by atoms with Crippen LogP contribution in [0, 0.1) is 0 Å². The number of hydrogen-bond donors (Lipinski definition) is 0. The van der Waals surface area contributed by atoms with Crippen molar-refractivity contribution < 1.29 is 13.2 Å². The first-order valence-corrected chi connectivity index (χ1v) is 11.4. The summed E-state index contributed by atoms with van der Waals surface area (Å²) in [4.78, 5) is 16.8. The first-order chi connectivity index (χ1) is 13.4. The number of carbonyl (C=O) groups is 1. The quantitative estimate of drug-likeness (QED) is 0.746. The fraction of sp³-hybridized carbons (Fsp3) is 0.381. The molecular weight excluding hydrogens is 374 g/mol. The van der Waals surface area contributed by atoms with Crippen molar-refractivity contribution in [2.24, 2.45) is 0 Å². The second kappa shape index (κ2) is 8.65. The molecule has 0 aliphatic carbocycles. The van der Waals surface area contributed by atoms with Gasteiger partial charge in [0.15, 0.2) is 0 Å². The number of para-hydroxylation sites is 1. The highest BCUT2D eigenvalue weighted by Gasteiger charge is 2.26. The van der Waals surface area contributed by atoms with E-state index in [1.54, 1.807) is 17.0 Å². The smallest absolute Gasteiger partial charge is 0.243 e. The summed E-state index contributed by atoms with van der Waals surface area (Å²) < 4.78 is 25.8. The molecule has 1 heterocycles. The highest BCUT2D eigenvalue weighted by atomic mass is 32.2. The molecular formula is C21H27N3O3S. The molecule has 1 amide bonds. The molecule has 1 aliphatic rings. The largest absolute Gasteiger partial charge is 0.368 e. The molecule has 0 saturated carbocycles. The lowest BCUT2D eigenvalue weighted by Gasteiger charge is -2.37. The van der Waals surface area contributed by atoms with E-state index in [1.807, 2.05) is 37.3 Å². The molecule has 0 atom stereocenters. The molecule has 2 aromatic rings. The molecule has 0 aromatic heterocycles. The molecule has 7 heteroatoms. The topological polar surface area (TPSA) is 60.9 Å². The summed E-state index contributed by atoms with van der Waals surface area (Å²) in [5.74, 6) is -0.169. The van der Waals surface area contributed by atoms with Gasteiger partial charge in [0.25, 0.3) is 0 Å². The van der Waals surface area contributed by atoms with Gasteiger partial charge in [-0.05, 0) is 36.2 Å². The minimum absolute atomic E-state index is 0.169. The van der Waals surface area contributed by atoms with Crippen molar-refractivity contribution in [3.8, 4) is 0 Å². The number of carbonyl (C=O) groups excluding carboxylic acids is 1. The lowest BCUT2D eigenvalue weighted by atomic mass is 10.1. The Balaban J connectivity index is 1.66. The maximum absolute atomic E-state index is 12.8. The van der Waals surface area contributed by atoms with Crippen LogP contribution in [0.15, 0.2) is 54.6 Å². The summed E-state index contributed by atoms with van der Waals surface area (Å²) in [6.07, 6.45) is 2.02. The van der Waals surface area contributed by atoms with Gasteiger partial charge in [-0.15, -0.1) is 0 Å².